The van der Waals surface area contributed by atoms with Gasteiger partial charge in [-0.05, 0) is 29.4 Å². The van der Waals surface area contributed by atoms with Gasteiger partial charge in [0.05, 0.1) is 0 Å². The van der Waals surface area contributed by atoms with E-state index in [0.717, 1.165) is 10.9 Å². The average Bonchev–Trinajstić information content (AvgIpc) is 2.81. The second kappa shape index (κ2) is 6.31. The number of benzene rings is 1. The van der Waals surface area contributed by atoms with Gasteiger partial charge >= 0.3 is 0 Å². The third kappa shape index (κ3) is 3.85. The van der Waals surface area contributed by atoms with Crippen LogP contribution in [-0.2, 0) is 11.3 Å². The van der Waals surface area contributed by atoms with E-state index in [-0.39, 0.29) is 24.0 Å². The largest absolute Gasteiger partial charge is 0.396 e. The fraction of sp³-hybridized carbons (Fsp3) is 0.471. The lowest BCUT2D eigenvalue weighted by atomic mass is 9.85. The Morgan fingerprint density at radius 1 is 1.29 bits per heavy atom. The Kier molecular flexibility index (Phi) is 4.68. The lowest BCUT2D eigenvalue weighted by Crippen LogP contribution is -2.45. The Morgan fingerprint density at radius 3 is 2.67 bits per heavy atom. The van der Waals surface area contributed by atoms with Crippen LogP contribution in [0.3, 0.4) is 0 Å². The fourth-order valence-electron chi connectivity index (χ4n) is 2.52. The molecule has 1 aromatic carbocycles. The average molecular weight is 288 g/mol. The van der Waals surface area contributed by atoms with Crippen LogP contribution in [0.25, 0.3) is 10.9 Å². The smallest absolute Gasteiger partial charge is 0.240 e. The van der Waals surface area contributed by atoms with E-state index >= 15 is 0 Å². The number of carbonyl (C=O) groups is 1. The molecule has 4 heteroatoms. The second-order valence-electron chi connectivity index (χ2n) is 6.50. The highest BCUT2D eigenvalue weighted by Crippen LogP contribution is 2.22. The van der Waals surface area contributed by atoms with Gasteiger partial charge in [0.15, 0.2) is 0 Å². The van der Waals surface area contributed by atoms with Gasteiger partial charge in [0.2, 0.25) is 5.91 Å². The normalized spacial score (nSPS) is 13.3. The monoisotopic (exact) mass is 288 g/mol. The summed E-state index contributed by atoms with van der Waals surface area (Å²) in [5.74, 6) is -0.0234. The maximum absolute atomic E-state index is 12.3. The van der Waals surface area contributed by atoms with Crippen LogP contribution in [-0.4, -0.2) is 28.2 Å². The number of fused-ring (bicyclic) bond motifs is 1. The molecule has 0 fully saturated rings. The molecule has 1 unspecified atom stereocenters. The van der Waals surface area contributed by atoms with Crippen LogP contribution < -0.4 is 5.32 Å². The topological polar surface area (TPSA) is 54.3 Å². The summed E-state index contributed by atoms with van der Waals surface area (Å²) in [6.07, 6.45) is 2.50. The molecule has 2 N–H and O–H groups in total. The molecule has 0 aliphatic rings. The minimum atomic E-state index is -0.0723. The van der Waals surface area contributed by atoms with Crippen molar-refractivity contribution in [2.45, 2.75) is 39.8 Å². The molecule has 21 heavy (non-hydrogen) atoms. The lowest BCUT2D eigenvalue weighted by Gasteiger charge is -2.31. The summed E-state index contributed by atoms with van der Waals surface area (Å²) >= 11 is 0. The number of rotatable bonds is 5. The molecule has 1 heterocycles. The molecule has 0 saturated carbocycles. The van der Waals surface area contributed by atoms with Gasteiger partial charge in [-0.25, -0.2) is 0 Å². The van der Waals surface area contributed by atoms with Gasteiger partial charge < -0.3 is 15.0 Å². The van der Waals surface area contributed by atoms with Gasteiger partial charge in [0.25, 0.3) is 0 Å². The Labute approximate surface area is 125 Å². The Hall–Kier alpha value is -1.81. The first-order chi connectivity index (χ1) is 9.91. The molecule has 2 rings (SSSR count). The van der Waals surface area contributed by atoms with Crippen LogP contribution in [0.1, 0.15) is 27.2 Å². The SMILES string of the molecule is CC(C)(C)C(CCO)NC(=O)Cn1ccc2ccccc21. The highest BCUT2D eigenvalue weighted by Gasteiger charge is 2.25. The van der Waals surface area contributed by atoms with Crippen LogP contribution in [0, 0.1) is 5.41 Å². The molecule has 1 atom stereocenters. The van der Waals surface area contributed by atoms with E-state index in [9.17, 15) is 4.79 Å². The first-order valence-corrected chi connectivity index (χ1v) is 7.36. The molecule has 1 amide bonds. The number of nitrogens with one attached hydrogen (secondary N) is 1. The highest BCUT2D eigenvalue weighted by molar-refractivity contribution is 5.83. The predicted molar refractivity (Wildman–Crippen MR) is 85.0 cm³/mol. The van der Waals surface area contributed by atoms with Crippen molar-refractivity contribution in [3.8, 4) is 0 Å². The minimum Gasteiger partial charge on any atom is -0.396 e. The second-order valence-corrected chi connectivity index (χ2v) is 6.50. The van der Waals surface area contributed by atoms with Gasteiger partial charge in [-0.3, -0.25) is 4.79 Å². The summed E-state index contributed by atoms with van der Waals surface area (Å²) < 4.78 is 1.95. The number of aliphatic hydroxyl groups is 1. The first kappa shape index (κ1) is 15.6. The van der Waals surface area contributed by atoms with E-state index in [2.05, 4.69) is 26.1 Å². The number of hydrogen-bond acceptors (Lipinski definition) is 2. The van der Waals surface area contributed by atoms with Crippen molar-refractivity contribution in [1.82, 2.24) is 9.88 Å². The zero-order valence-electron chi connectivity index (χ0n) is 13.0. The summed E-state index contributed by atoms with van der Waals surface area (Å²) in [7, 11) is 0. The molecule has 0 aliphatic carbocycles. The number of amides is 1. The van der Waals surface area contributed by atoms with E-state index < -0.39 is 0 Å². The number of aromatic nitrogens is 1. The van der Waals surface area contributed by atoms with Crippen molar-refractivity contribution in [3.63, 3.8) is 0 Å². The molecule has 0 saturated heterocycles. The zero-order chi connectivity index (χ0) is 15.5. The van der Waals surface area contributed by atoms with Gasteiger partial charge in [0.1, 0.15) is 6.54 Å². The van der Waals surface area contributed by atoms with Crippen LogP contribution >= 0.6 is 0 Å². The van der Waals surface area contributed by atoms with Crippen molar-refractivity contribution >= 4 is 16.8 Å². The summed E-state index contributed by atoms with van der Waals surface area (Å²) in [6, 6.07) is 9.99. The quantitative estimate of drug-likeness (QED) is 0.888. The predicted octanol–water partition coefficient (Wildman–Crippen LogP) is 2.55. The standard InChI is InChI=1S/C17H24N2O2/c1-17(2,3)15(9-11-20)18-16(21)12-19-10-8-13-6-4-5-7-14(13)19/h4-8,10,15,20H,9,11-12H2,1-3H3,(H,18,21). The van der Waals surface area contributed by atoms with Gasteiger partial charge in [-0.15, -0.1) is 0 Å². The third-order valence-electron chi connectivity index (χ3n) is 3.79. The molecule has 0 spiro atoms. The maximum atomic E-state index is 12.3. The van der Waals surface area contributed by atoms with Crippen LogP contribution in [0.15, 0.2) is 36.5 Å². The fourth-order valence-corrected chi connectivity index (χ4v) is 2.52. The molecule has 4 nitrogen and oxygen atoms in total. The van der Waals surface area contributed by atoms with Crippen molar-refractivity contribution in [2.75, 3.05) is 6.61 Å². The molecule has 0 aliphatic heterocycles. The van der Waals surface area contributed by atoms with E-state index in [1.165, 1.54) is 0 Å². The van der Waals surface area contributed by atoms with Crippen molar-refractivity contribution in [1.29, 1.82) is 0 Å². The van der Waals surface area contributed by atoms with E-state index in [1.54, 1.807) is 0 Å². The maximum Gasteiger partial charge on any atom is 0.240 e. The van der Waals surface area contributed by atoms with Crippen LogP contribution in [0.5, 0.6) is 0 Å². The lowest BCUT2D eigenvalue weighted by molar-refractivity contribution is -0.123. The molecular formula is C17H24N2O2. The molecule has 0 radical (unpaired) electrons. The zero-order valence-corrected chi connectivity index (χ0v) is 13.0. The minimum absolute atomic E-state index is 0.0234. The number of aliphatic hydroxyl groups excluding tert-OH is 1. The number of carbonyl (C=O) groups excluding carboxylic acids is 1. The van der Waals surface area contributed by atoms with E-state index in [0.29, 0.717) is 13.0 Å². The molecule has 114 valence electrons. The summed E-state index contributed by atoms with van der Waals surface area (Å²) in [4.78, 5) is 12.3. The summed E-state index contributed by atoms with van der Waals surface area (Å²) in [5.41, 5.74) is 0.985. The summed E-state index contributed by atoms with van der Waals surface area (Å²) in [6.45, 7) is 6.58. The van der Waals surface area contributed by atoms with E-state index in [1.807, 2.05) is 41.1 Å². The van der Waals surface area contributed by atoms with E-state index in [4.69, 9.17) is 5.11 Å². The highest BCUT2D eigenvalue weighted by atomic mass is 16.3. The first-order valence-electron chi connectivity index (χ1n) is 7.36. The van der Waals surface area contributed by atoms with Crippen molar-refractivity contribution < 1.29 is 9.90 Å². The number of nitrogens with zero attached hydrogens (tertiary/aromatic N) is 1. The third-order valence-corrected chi connectivity index (χ3v) is 3.79. The molecule has 1 aromatic heterocycles. The molecular weight excluding hydrogens is 264 g/mol. The van der Waals surface area contributed by atoms with Gasteiger partial charge in [-0.1, -0.05) is 39.0 Å². The number of para-hydroxylation sites is 1. The van der Waals surface area contributed by atoms with Crippen molar-refractivity contribution in [3.05, 3.63) is 36.5 Å². The molecule has 0 bridgehead atoms. The Morgan fingerprint density at radius 2 is 2.00 bits per heavy atom. The summed E-state index contributed by atoms with van der Waals surface area (Å²) in [5, 5.41) is 13.3. The van der Waals surface area contributed by atoms with Crippen LogP contribution in [0.2, 0.25) is 0 Å². The Bertz CT molecular complexity index is 611. The van der Waals surface area contributed by atoms with Crippen LogP contribution in [0.4, 0.5) is 0 Å². The number of hydrogen-bond donors (Lipinski definition) is 2. The Balaban J connectivity index is 2.07. The van der Waals surface area contributed by atoms with Gasteiger partial charge in [0, 0.05) is 24.4 Å². The molecule has 2 aromatic rings. The van der Waals surface area contributed by atoms with Crippen molar-refractivity contribution in [2.24, 2.45) is 5.41 Å². The van der Waals surface area contributed by atoms with Gasteiger partial charge in [-0.2, -0.15) is 0 Å².